The number of methoxy groups -OCH3 is 1. The van der Waals surface area contributed by atoms with Crippen molar-refractivity contribution in [2.45, 2.75) is 0 Å². The molecule has 0 fully saturated rings. The van der Waals surface area contributed by atoms with Gasteiger partial charge in [-0.2, -0.15) is 0 Å². The van der Waals surface area contributed by atoms with Crippen molar-refractivity contribution in [1.29, 1.82) is 0 Å². The number of hydrogen-bond donors (Lipinski definition) is 3. The number of carbonyl (C=O) groups excluding carboxylic acids is 1. The highest BCUT2D eigenvalue weighted by atomic mass is 16.5. The lowest BCUT2D eigenvalue weighted by molar-refractivity contribution is 0.0962. The van der Waals surface area contributed by atoms with Gasteiger partial charge in [-0.1, -0.05) is 18.2 Å². The maximum atomic E-state index is 12.3. The van der Waals surface area contributed by atoms with E-state index in [0.29, 0.717) is 28.6 Å². The van der Waals surface area contributed by atoms with Crippen molar-refractivity contribution >= 4 is 28.9 Å². The molecule has 1 aromatic heterocycles. The molecule has 138 valence electrons. The van der Waals surface area contributed by atoms with Crippen LogP contribution in [0.25, 0.3) is 0 Å². The Morgan fingerprint density at radius 2 is 1.78 bits per heavy atom. The quantitative estimate of drug-likeness (QED) is 0.577. The first-order valence-electron chi connectivity index (χ1n) is 8.20. The Bertz CT molecular complexity index is 915. The second kappa shape index (κ2) is 8.05. The van der Waals surface area contributed by atoms with E-state index in [0.717, 1.165) is 5.69 Å². The number of para-hydroxylation sites is 1. The van der Waals surface area contributed by atoms with Gasteiger partial charge in [0.15, 0.2) is 11.6 Å². The number of anilines is 4. The molecule has 0 aliphatic heterocycles. The largest absolute Gasteiger partial charge is 0.497 e. The van der Waals surface area contributed by atoms with Gasteiger partial charge in [0.2, 0.25) is 0 Å². The number of ether oxygens (including phenoxy) is 1. The Morgan fingerprint density at radius 3 is 2.44 bits per heavy atom. The normalized spacial score (nSPS) is 10.1. The van der Waals surface area contributed by atoms with Crippen molar-refractivity contribution < 1.29 is 9.53 Å². The first-order valence-corrected chi connectivity index (χ1v) is 8.20. The third-order valence-electron chi connectivity index (χ3n) is 3.97. The Hall–Kier alpha value is -3.81. The molecule has 0 saturated heterocycles. The number of amides is 1. The fourth-order valence-electron chi connectivity index (χ4n) is 2.46. The fraction of sp³-hybridized carbons (Fsp3) is 0.105. The number of nitrogens with two attached hydrogens (primary N) is 1. The fourth-order valence-corrected chi connectivity index (χ4v) is 2.46. The molecule has 2 aromatic carbocycles. The lowest BCUT2D eigenvalue weighted by Gasteiger charge is -2.21. The van der Waals surface area contributed by atoms with E-state index in [2.05, 4.69) is 20.8 Å². The molecule has 8 heteroatoms. The van der Waals surface area contributed by atoms with Crippen molar-refractivity contribution in [2.75, 3.05) is 30.2 Å². The average molecular weight is 364 g/mol. The molecule has 0 saturated carbocycles. The van der Waals surface area contributed by atoms with Crippen LogP contribution >= 0.6 is 0 Å². The van der Waals surface area contributed by atoms with Gasteiger partial charge in [-0.05, 0) is 36.4 Å². The van der Waals surface area contributed by atoms with Crippen LogP contribution < -0.4 is 26.2 Å². The van der Waals surface area contributed by atoms with Gasteiger partial charge < -0.3 is 15.4 Å². The molecule has 8 nitrogen and oxygen atoms in total. The Kier molecular flexibility index (Phi) is 5.36. The highest BCUT2D eigenvalue weighted by Crippen LogP contribution is 2.29. The summed E-state index contributed by atoms with van der Waals surface area (Å²) in [5.74, 6) is 1.18. The zero-order valence-electron chi connectivity index (χ0n) is 15.0. The van der Waals surface area contributed by atoms with Gasteiger partial charge in [0.1, 0.15) is 17.8 Å². The highest BCUT2D eigenvalue weighted by Gasteiger charge is 2.14. The number of hydrazine groups is 1. The van der Waals surface area contributed by atoms with E-state index in [4.69, 9.17) is 10.5 Å². The summed E-state index contributed by atoms with van der Waals surface area (Å²) in [5.41, 5.74) is 13.2. The number of rotatable bonds is 6. The molecule has 3 aromatic rings. The monoisotopic (exact) mass is 364 g/mol. The molecule has 0 bridgehead atoms. The standard InChI is InChI=1S/C19H20N6O2/c1-25(14-6-4-3-5-7-14)18-16(20)17(21-12-22-18)23-24-19(26)13-8-10-15(27-2)11-9-13/h3-12H,20H2,1-2H3,(H,24,26)(H,21,22,23). The van der Waals surface area contributed by atoms with Crippen LogP contribution in [0.5, 0.6) is 5.75 Å². The van der Waals surface area contributed by atoms with Crippen LogP contribution in [0.4, 0.5) is 23.0 Å². The summed E-state index contributed by atoms with van der Waals surface area (Å²) in [6.07, 6.45) is 1.38. The number of carbonyl (C=O) groups is 1. The van der Waals surface area contributed by atoms with E-state index < -0.39 is 0 Å². The summed E-state index contributed by atoms with van der Waals surface area (Å²) in [4.78, 5) is 22.4. The number of nitrogens with one attached hydrogen (secondary N) is 2. The van der Waals surface area contributed by atoms with Crippen LogP contribution in [0, 0.1) is 0 Å². The lowest BCUT2D eigenvalue weighted by Crippen LogP contribution is -2.30. The van der Waals surface area contributed by atoms with Crippen molar-refractivity contribution in [3.05, 3.63) is 66.5 Å². The van der Waals surface area contributed by atoms with E-state index >= 15 is 0 Å². The first kappa shape index (κ1) is 18.0. The van der Waals surface area contributed by atoms with Gasteiger partial charge in [0, 0.05) is 18.3 Å². The molecule has 3 rings (SSSR count). The third-order valence-corrected chi connectivity index (χ3v) is 3.97. The van der Waals surface area contributed by atoms with E-state index in [1.165, 1.54) is 6.33 Å². The summed E-state index contributed by atoms with van der Waals surface area (Å²) >= 11 is 0. The van der Waals surface area contributed by atoms with E-state index in [1.54, 1.807) is 31.4 Å². The smallest absolute Gasteiger partial charge is 0.269 e. The molecule has 0 aliphatic carbocycles. The second-order valence-corrected chi connectivity index (χ2v) is 5.66. The second-order valence-electron chi connectivity index (χ2n) is 5.66. The van der Waals surface area contributed by atoms with Crippen molar-refractivity contribution in [1.82, 2.24) is 15.4 Å². The Balaban J connectivity index is 1.73. The minimum atomic E-state index is -0.325. The van der Waals surface area contributed by atoms with Crippen LogP contribution in [0.2, 0.25) is 0 Å². The molecule has 27 heavy (non-hydrogen) atoms. The summed E-state index contributed by atoms with van der Waals surface area (Å²) in [6.45, 7) is 0. The van der Waals surface area contributed by atoms with E-state index in [9.17, 15) is 4.79 Å². The molecule has 0 radical (unpaired) electrons. The molecule has 0 aliphatic rings. The Labute approximate surface area is 157 Å². The summed E-state index contributed by atoms with van der Waals surface area (Å²) in [6, 6.07) is 16.4. The van der Waals surface area contributed by atoms with Crippen LogP contribution in [0.3, 0.4) is 0 Å². The molecular formula is C19H20N6O2. The molecular weight excluding hydrogens is 344 g/mol. The minimum Gasteiger partial charge on any atom is -0.497 e. The van der Waals surface area contributed by atoms with Crippen LogP contribution in [0.1, 0.15) is 10.4 Å². The van der Waals surface area contributed by atoms with Crippen LogP contribution in [-0.2, 0) is 0 Å². The lowest BCUT2D eigenvalue weighted by atomic mass is 10.2. The highest BCUT2D eigenvalue weighted by molar-refractivity contribution is 5.95. The van der Waals surface area contributed by atoms with Gasteiger partial charge in [0.05, 0.1) is 7.11 Å². The van der Waals surface area contributed by atoms with E-state index in [1.807, 2.05) is 42.3 Å². The molecule has 0 atom stereocenters. The van der Waals surface area contributed by atoms with Crippen molar-refractivity contribution in [2.24, 2.45) is 0 Å². The van der Waals surface area contributed by atoms with Crippen molar-refractivity contribution in [3.63, 3.8) is 0 Å². The minimum absolute atomic E-state index is 0.310. The molecule has 0 unspecified atom stereocenters. The van der Waals surface area contributed by atoms with Gasteiger partial charge in [-0.25, -0.2) is 9.97 Å². The topological polar surface area (TPSA) is 105 Å². The van der Waals surface area contributed by atoms with Gasteiger partial charge in [-0.3, -0.25) is 15.6 Å². The predicted molar refractivity (Wildman–Crippen MR) is 105 cm³/mol. The number of aromatic nitrogens is 2. The number of nitrogens with zero attached hydrogens (tertiary/aromatic N) is 3. The zero-order valence-corrected chi connectivity index (χ0v) is 15.0. The Morgan fingerprint density at radius 1 is 1.07 bits per heavy atom. The van der Waals surface area contributed by atoms with Gasteiger partial charge in [-0.15, -0.1) is 0 Å². The summed E-state index contributed by atoms with van der Waals surface area (Å²) in [5, 5.41) is 0. The van der Waals surface area contributed by atoms with E-state index in [-0.39, 0.29) is 5.91 Å². The molecule has 1 amide bonds. The summed E-state index contributed by atoms with van der Waals surface area (Å²) in [7, 11) is 3.42. The van der Waals surface area contributed by atoms with Crippen LogP contribution in [0.15, 0.2) is 60.9 Å². The summed E-state index contributed by atoms with van der Waals surface area (Å²) < 4.78 is 5.08. The number of nitrogen functional groups attached to an aromatic ring is 1. The molecule has 1 heterocycles. The predicted octanol–water partition coefficient (Wildman–Crippen LogP) is 2.59. The van der Waals surface area contributed by atoms with Gasteiger partial charge in [0.25, 0.3) is 5.91 Å². The number of benzene rings is 2. The zero-order chi connectivity index (χ0) is 19.2. The first-order chi connectivity index (χ1) is 13.1. The molecule has 4 N–H and O–H groups in total. The maximum Gasteiger partial charge on any atom is 0.269 e. The third kappa shape index (κ3) is 4.06. The van der Waals surface area contributed by atoms with Crippen LogP contribution in [-0.4, -0.2) is 30.0 Å². The van der Waals surface area contributed by atoms with Crippen molar-refractivity contribution in [3.8, 4) is 5.75 Å². The van der Waals surface area contributed by atoms with Gasteiger partial charge >= 0.3 is 0 Å². The SMILES string of the molecule is COc1ccc(C(=O)NNc2ncnc(N(C)c3ccccc3)c2N)cc1. The molecule has 0 spiro atoms. The maximum absolute atomic E-state index is 12.3. The number of hydrogen-bond acceptors (Lipinski definition) is 7. The average Bonchev–Trinajstić information content (AvgIpc) is 2.73.